The summed E-state index contributed by atoms with van der Waals surface area (Å²) < 4.78 is 7.02. The Morgan fingerprint density at radius 1 is 1.19 bits per heavy atom. The van der Waals surface area contributed by atoms with Gasteiger partial charge >= 0.3 is 0 Å². The third kappa shape index (κ3) is 3.08. The van der Waals surface area contributed by atoms with Crippen molar-refractivity contribution < 1.29 is 20.1 Å². The van der Waals surface area contributed by atoms with Gasteiger partial charge in [-0.1, -0.05) is 17.7 Å². The van der Waals surface area contributed by atoms with Crippen LogP contribution in [0.3, 0.4) is 0 Å². The van der Waals surface area contributed by atoms with Crippen LogP contribution < -0.4 is 11.1 Å². The Kier molecular flexibility index (Phi) is 4.40. The number of anilines is 3. The van der Waals surface area contributed by atoms with E-state index in [9.17, 15) is 15.3 Å². The highest BCUT2D eigenvalue weighted by molar-refractivity contribution is 5.86. The number of aliphatic hydroxyl groups excluding tert-OH is 3. The number of nitrogens with two attached hydrogens (primary N) is 1. The Bertz CT molecular complexity index is 960. The Morgan fingerprint density at radius 2 is 1.93 bits per heavy atom. The van der Waals surface area contributed by atoms with Crippen molar-refractivity contribution >= 4 is 28.6 Å². The fraction of sp³-hybridized carbons (Fsp3) is 0.353. The lowest BCUT2D eigenvalue weighted by Crippen LogP contribution is -2.33. The molecule has 0 amide bonds. The zero-order chi connectivity index (χ0) is 19.1. The maximum Gasteiger partial charge on any atom is 0.224 e. The monoisotopic (exact) mass is 372 g/mol. The molecule has 4 rings (SSSR count). The number of imidazole rings is 1. The molecule has 1 fully saturated rings. The molecule has 0 bridgehead atoms. The van der Waals surface area contributed by atoms with Gasteiger partial charge in [-0.2, -0.15) is 9.97 Å². The molecule has 27 heavy (non-hydrogen) atoms. The van der Waals surface area contributed by atoms with Crippen molar-refractivity contribution in [2.75, 3.05) is 17.7 Å². The van der Waals surface area contributed by atoms with Crippen molar-refractivity contribution in [2.45, 2.75) is 31.5 Å². The standard InChI is InChI=1S/C17H20N6O4/c1-8-2-4-9(5-3-8)20-14-11-15(22-17(18)21-14)23(7-19-11)16-13(26)12(25)10(6-24)27-16/h2-5,7,10,12-13,16,24-26H,6H2,1H3,(H3,18,20,21,22)/t10-,12+,13+,16+/m0/s1. The molecule has 1 aliphatic heterocycles. The normalized spacial score (nSPS) is 25.2. The van der Waals surface area contributed by atoms with Crippen molar-refractivity contribution in [3.05, 3.63) is 36.2 Å². The maximum atomic E-state index is 10.3. The Balaban J connectivity index is 1.73. The summed E-state index contributed by atoms with van der Waals surface area (Å²) in [6, 6.07) is 7.73. The summed E-state index contributed by atoms with van der Waals surface area (Å²) in [4.78, 5) is 12.7. The topological polar surface area (TPSA) is 152 Å². The zero-order valence-corrected chi connectivity index (χ0v) is 14.5. The van der Waals surface area contributed by atoms with Gasteiger partial charge in [-0.15, -0.1) is 0 Å². The smallest absolute Gasteiger partial charge is 0.224 e. The van der Waals surface area contributed by atoms with Gasteiger partial charge in [0.15, 0.2) is 23.2 Å². The van der Waals surface area contributed by atoms with Gasteiger partial charge in [0.25, 0.3) is 0 Å². The summed E-state index contributed by atoms with van der Waals surface area (Å²) in [6.07, 6.45) is -2.89. The molecule has 3 heterocycles. The molecule has 6 N–H and O–H groups in total. The number of rotatable bonds is 4. The van der Waals surface area contributed by atoms with E-state index in [1.54, 1.807) is 0 Å². The van der Waals surface area contributed by atoms with Crippen molar-refractivity contribution in [3.63, 3.8) is 0 Å². The van der Waals surface area contributed by atoms with Crippen LogP contribution in [-0.2, 0) is 4.74 Å². The van der Waals surface area contributed by atoms with Gasteiger partial charge < -0.3 is 31.1 Å². The highest BCUT2D eigenvalue weighted by Crippen LogP contribution is 2.33. The molecule has 10 heteroatoms. The quantitative estimate of drug-likeness (QED) is 0.428. The number of nitrogens with zero attached hydrogens (tertiary/aromatic N) is 4. The predicted molar refractivity (Wildman–Crippen MR) is 97.2 cm³/mol. The first-order valence-corrected chi connectivity index (χ1v) is 8.44. The summed E-state index contributed by atoms with van der Waals surface area (Å²) in [5.74, 6) is 0.428. The van der Waals surface area contributed by atoms with E-state index < -0.39 is 31.1 Å². The molecule has 142 valence electrons. The number of aromatic nitrogens is 4. The van der Waals surface area contributed by atoms with Crippen LogP contribution in [0.2, 0.25) is 0 Å². The number of ether oxygens (including phenoxy) is 1. The van der Waals surface area contributed by atoms with E-state index >= 15 is 0 Å². The number of hydrogen-bond acceptors (Lipinski definition) is 9. The summed E-state index contributed by atoms with van der Waals surface area (Å²) in [5.41, 5.74) is 8.56. The molecular weight excluding hydrogens is 352 g/mol. The maximum absolute atomic E-state index is 10.3. The van der Waals surface area contributed by atoms with Crippen LogP contribution in [0, 0.1) is 6.92 Å². The number of aliphatic hydroxyl groups is 3. The van der Waals surface area contributed by atoms with Gasteiger partial charge in [0, 0.05) is 5.69 Å². The van der Waals surface area contributed by atoms with Crippen molar-refractivity contribution in [1.29, 1.82) is 0 Å². The second kappa shape index (κ2) is 6.74. The summed E-state index contributed by atoms with van der Waals surface area (Å²) >= 11 is 0. The average Bonchev–Trinajstić information content (AvgIpc) is 3.18. The van der Waals surface area contributed by atoms with E-state index in [1.807, 2.05) is 31.2 Å². The third-order valence-electron chi connectivity index (χ3n) is 4.54. The number of hydrogen-bond donors (Lipinski definition) is 5. The predicted octanol–water partition coefficient (Wildman–Crippen LogP) is 0.0720. The van der Waals surface area contributed by atoms with E-state index in [1.165, 1.54) is 10.9 Å². The number of aryl methyl sites for hydroxylation is 1. The van der Waals surface area contributed by atoms with Crippen LogP contribution in [-0.4, -0.2) is 59.8 Å². The second-order valence-electron chi connectivity index (χ2n) is 6.47. The summed E-state index contributed by atoms with van der Waals surface area (Å²) in [5, 5.41) is 32.7. The van der Waals surface area contributed by atoms with Crippen LogP contribution in [0.4, 0.5) is 17.5 Å². The van der Waals surface area contributed by atoms with Gasteiger partial charge in [0.2, 0.25) is 5.95 Å². The molecule has 0 aliphatic carbocycles. The highest BCUT2D eigenvalue weighted by atomic mass is 16.6. The van der Waals surface area contributed by atoms with Crippen LogP contribution in [0.5, 0.6) is 0 Å². The molecule has 2 aromatic heterocycles. The molecule has 0 radical (unpaired) electrons. The molecule has 1 aliphatic rings. The lowest BCUT2D eigenvalue weighted by atomic mass is 10.1. The minimum Gasteiger partial charge on any atom is -0.394 e. The van der Waals surface area contributed by atoms with Crippen molar-refractivity contribution in [1.82, 2.24) is 19.5 Å². The minimum absolute atomic E-state index is 0.0191. The fourth-order valence-electron chi connectivity index (χ4n) is 3.09. The molecule has 0 unspecified atom stereocenters. The Morgan fingerprint density at radius 3 is 2.59 bits per heavy atom. The molecule has 1 saturated heterocycles. The number of fused-ring (bicyclic) bond motifs is 1. The van der Waals surface area contributed by atoms with Crippen LogP contribution in [0.1, 0.15) is 11.8 Å². The molecule has 0 saturated carbocycles. The molecular formula is C17H20N6O4. The van der Waals surface area contributed by atoms with Crippen molar-refractivity contribution in [2.24, 2.45) is 0 Å². The van der Waals surface area contributed by atoms with Crippen LogP contribution >= 0.6 is 0 Å². The van der Waals surface area contributed by atoms with E-state index in [-0.39, 0.29) is 5.95 Å². The first-order valence-electron chi connectivity index (χ1n) is 8.44. The lowest BCUT2D eigenvalue weighted by Gasteiger charge is -2.16. The van der Waals surface area contributed by atoms with E-state index in [0.29, 0.717) is 17.0 Å². The molecule has 1 aromatic carbocycles. The molecule has 4 atom stereocenters. The minimum atomic E-state index is -1.25. The fourth-order valence-corrected chi connectivity index (χ4v) is 3.09. The Labute approximate surface area is 154 Å². The third-order valence-corrected chi connectivity index (χ3v) is 4.54. The molecule has 10 nitrogen and oxygen atoms in total. The van der Waals surface area contributed by atoms with Gasteiger partial charge in [-0.25, -0.2) is 4.98 Å². The first-order chi connectivity index (χ1) is 13.0. The van der Waals surface area contributed by atoms with Crippen LogP contribution in [0.15, 0.2) is 30.6 Å². The Hall–Kier alpha value is -2.79. The number of benzene rings is 1. The number of nitrogen functional groups attached to an aromatic ring is 1. The molecule has 3 aromatic rings. The van der Waals surface area contributed by atoms with E-state index in [4.69, 9.17) is 10.5 Å². The zero-order valence-electron chi connectivity index (χ0n) is 14.5. The first kappa shape index (κ1) is 17.6. The lowest BCUT2D eigenvalue weighted by molar-refractivity contribution is -0.0511. The number of nitrogens with one attached hydrogen (secondary N) is 1. The SMILES string of the molecule is Cc1ccc(Nc2nc(N)nc3c2ncn3[C@@H]2O[C@@H](CO)[C@@H](O)[C@H]2O)cc1. The van der Waals surface area contributed by atoms with Crippen LogP contribution in [0.25, 0.3) is 11.2 Å². The largest absolute Gasteiger partial charge is 0.394 e. The second-order valence-corrected chi connectivity index (χ2v) is 6.47. The van der Waals surface area contributed by atoms with E-state index in [0.717, 1.165) is 11.3 Å². The van der Waals surface area contributed by atoms with E-state index in [2.05, 4.69) is 20.3 Å². The van der Waals surface area contributed by atoms with Gasteiger partial charge in [-0.05, 0) is 19.1 Å². The summed E-state index contributed by atoms with van der Waals surface area (Å²) in [7, 11) is 0. The summed E-state index contributed by atoms with van der Waals surface area (Å²) in [6.45, 7) is 1.58. The average molecular weight is 372 g/mol. The van der Waals surface area contributed by atoms with Gasteiger partial charge in [0.1, 0.15) is 18.3 Å². The molecule has 0 spiro atoms. The highest BCUT2D eigenvalue weighted by Gasteiger charge is 2.44. The van der Waals surface area contributed by atoms with Gasteiger partial charge in [0.05, 0.1) is 12.9 Å². The van der Waals surface area contributed by atoms with Crippen molar-refractivity contribution in [3.8, 4) is 0 Å². The van der Waals surface area contributed by atoms with Gasteiger partial charge in [-0.3, -0.25) is 4.57 Å².